The third-order valence-electron chi connectivity index (χ3n) is 3.72. The highest BCUT2D eigenvalue weighted by molar-refractivity contribution is 5.88. The molecule has 0 saturated heterocycles. The molecule has 7 heteroatoms. The third kappa shape index (κ3) is 2.14. The molecule has 0 fully saturated rings. The van der Waals surface area contributed by atoms with Crippen LogP contribution in [0, 0.1) is 0 Å². The van der Waals surface area contributed by atoms with Crippen molar-refractivity contribution in [3.8, 4) is 0 Å². The second kappa shape index (κ2) is 4.83. The fraction of sp³-hybridized carbons (Fsp3) is 0.357. The predicted molar refractivity (Wildman–Crippen MR) is 74.9 cm³/mol. The molecule has 1 aliphatic carbocycles. The van der Waals surface area contributed by atoms with E-state index in [1.54, 1.807) is 17.8 Å². The average molecular weight is 291 g/mol. The Balaban J connectivity index is 2.29. The predicted octanol–water partition coefficient (Wildman–Crippen LogP) is 1.12. The molecule has 1 N–H and O–H groups in total. The standard InChI is InChI=1S/C14H14FN3O3/c1-17-13-9-3-2-8(15)6-11(9)18(5-4-12(19)20)14(21)10(13)7-16-17/h2-3,7-8H,4-6H2,1H3,(H,19,20). The second-order valence-corrected chi connectivity index (χ2v) is 5.07. The van der Waals surface area contributed by atoms with Crippen LogP contribution in [0.5, 0.6) is 0 Å². The first kappa shape index (κ1) is 13.5. The Kier molecular flexibility index (Phi) is 3.12. The molecule has 0 saturated carbocycles. The van der Waals surface area contributed by atoms with Gasteiger partial charge in [0.15, 0.2) is 0 Å². The van der Waals surface area contributed by atoms with Gasteiger partial charge in [-0.15, -0.1) is 0 Å². The molecule has 2 heterocycles. The SMILES string of the molecule is Cn1ncc2c(=O)n(CCC(=O)O)c3c(c21)C=CC(F)C3. The lowest BCUT2D eigenvalue weighted by Crippen LogP contribution is -2.28. The van der Waals surface area contributed by atoms with Crippen molar-refractivity contribution in [3.63, 3.8) is 0 Å². The van der Waals surface area contributed by atoms with Gasteiger partial charge in [0, 0.05) is 31.3 Å². The number of pyridine rings is 1. The maximum Gasteiger partial charge on any atom is 0.305 e. The fourth-order valence-corrected chi connectivity index (χ4v) is 2.76. The van der Waals surface area contributed by atoms with Crippen LogP contribution in [-0.4, -0.2) is 31.6 Å². The Morgan fingerprint density at radius 1 is 1.57 bits per heavy atom. The summed E-state index contributed by atoms with van der Waals surface area (Å²) >= 11 is 0. The van der Waals surface area contributed by atoms with Crippen LogP contribution in [0.1, 0.15) is 17.7 Å². The minimum Gasteiger partial charge on any atom is -0.481 e. The molecule has 6 nitrogen and oxygen atoms in total. The monoisotopic (exact) mass is 291 g/mol. The number of rotatable bonds is 3. The van der Waals surface area contributed by atoms with Crippen molar-refractivity contribution in [1.82, 2.24) is 14.3 Å². The van der Waals surface area contributed by atoms with Gasteiger partial charge in [0.1, 0.15) is 6.17 Å². The lowest BCUT2D eigenvalue weighted by atomic mass is 9.99. The van der Waals surface area contributed by atoms with Crippen LogP contribution in [0.2, 0.25) is 0 Å². The first-order chi connectivity index (χ1) is 9.99. The third-order valence-corrected chi connectivity index (χ3v) is 3.72. The molecule has 21 heavy (non-hydrogen) atoms. The molecule has 1 aliphatic rings. The summed E-state index contributed by atoms with van der Waals surface area (Å²) in [6.45, 7) is 0.0297. The molecule has 0 aromatic carbocycles. The summed E-state index contributed by atoms with van der Waals surface area (Å²) in [4.78, 5) is 23.3. The maximum absolute atomic E-state index is 13.7. The van der Waals surface area contributed by atoms with E-state index < -0.39 is 12.1 Å². The Morgan fingerprint density at radius 3 is 3.05 bits per heavy atom. The molecule has 3 rings (SSSR count). The molecule has 2 aromatic rings. The molecule has 110 valence electrons. The van der Waals surface area contributed by atoms with Crippen molar-refractivity contribution < 1.29 is 14.3 Å². The van der Waals surface area contributed by atoms with E-state index in [1.807, 2.05) is 0 Å². The minimum atomic E-state index is -1.17. The summed E-state index contributed by atoms with van der Waals surface area (Å²) in [5, 5.41) is 13.3. The van der Waals surface area contributed by atoms with Gasteiger partial charge in [-0.3, -0.25) is 14.3 Å². The zero-order chi connectivity index (χ0) is 15.1. The first-order valence-electron chi connectivity index (χ1n) is 6.60. The zero-order valence-electron chi connectivity index (χ0n) is 11.4. The summed E-state index contributed by atoms with van der Waals surface area (Å²) in [6.07, 6.45) is 3.27. The van der Waals surface area contributed by atoms with Gasteiger partial charge in [-0.1, -0.05) is 6.08 Å². The van der Waals surface area contributed by atoms with E-state index in [2.05, 4.69) is 5.10 Å². The summed E-state index contributed by atoms with van der Waals surface area (Å²) in [5.41, 5.74) is 1.61. The van der Waals surface area contributed by atoms with Crippen LogP contribution < -0.4 is 5.56 Å². The number of carboxylic acid groups (broad SMARTS) is 1. The Bertz CT molecular complexity index is 819. The lowest BCUT2D eigenvalue weighted by Gasteiger charge is -2.20. The van der Waals surface area contributed by atoms with Gasteiger partial charge < -0.3 is 9.67 Å². The normalized spacial score (nSPS) is 17.1. The highest BCUT2D eigenvalue weighted by Gasteiger charge is 2.23. The smallest absolute Gasteiger partial charge is 0.305 e. The van der Waals surface area contributed by atoms with Gasteiger partial charge in [-0.2, -0.15) is 5.10 Å². The van der Waals surface area contributed by atoms with Crippen LogP contribution in [0.4, 0.5) is 4.39 Å². The summed E-state index contributed by atoms with van der Waals surface area (Å²) < 4.78 is 16.6. The van der Waals surface area contributed by atoms with Gasteiger partial charge in [0.05, 0.1) is 23.5 Å². The maximum atomic E-state index is 13.7. The number of aliphatic carboxylic acids is 1. The quantitative estimate of drug-likeness (QED) is 0.919. The molecule has 0 aliphatic heterocycles. The largest absolute Gasteiger partial charge is 0.481 e. The summed E-state index contributed by atoms with van der Waals surface area (Å²) in [7, 11) is 1.72. The van der Waals surface area contributed by atoms with Crippen LogP contribution in [0.3, 0.4) is 0 Å². The van der Waals surface area contributed by atoms with Crippen molar-refractivity contribution in [2.75, 3.05) is 0 Å². The van der Waals surface area contributed by atoms with E-state index in [1.165, 1.54) is 16.8 Å². The lowest BCUT2D eigenvalue weighted by molar-refractivity contribution is -0.137. The number of hydrogen-bond acceptors (Lipinski definition) is 3. The number of nitrogens with zero attached hydrogens (tertiary/aromatic N) is 3. The molecule has 0 spiro atoms. The fourth-order valence-electron chi connectivity index (χ4n) is 2.76. The number of halogens is 1. The van der Waals surface area contributed by atoms with Gasteiger partial charge in [-0.25, -0.2) is 4.39 Å². The van der Waals surface area contributed by atoms with E-state index in [9.17, 15) is 14.0 Å². The van der Waals surface area contributed by atoms with Crippen LogP contribution in [0.25, 0.3) is 17.0 Å². The number of aromatic nitrogens is 3. The van der Waals surface area contributed by atoms with Crippen molar-refractivity contribution in [2.24, 2.45) is 7.05 Å². The first-order valence-corrected chi connectivity index (χ1v) is 6.60. The Hall–Kier alpha value is -2.44. The number of alkyl halides is 1. The topological polar surface area (TPSA) is 77.1 Å². The van der Waals surface area contributed by atoms with E-state index >= 15 is 0 Å². The number of carboxylic acids is 1. The van der Waals surface area contributed by atoms with Crippen molar-refractivity contribution >= 4 is 22.9 Å². The molecular weight excluding hydrogens is 277 g/mol. The number of fused-ring (bicyclic) bond motifs is 3. The van der Waals surface area contributed by atoms with Crippen LogP contribution in [0.15, 0.2) is 17.1 Å². The molecular formula is C14H14FN3O3. The number of allylic oxidation sites excluding steroid dienone is 1. The number of carbonyl (C=O) groups is 1. The second-order valence-electron chi connectivity index (χ2n) is 5.07. The highest BCUT2D eigenvalue weighted by Crippen LogP contribution is 2.26. The van der Waals surface area contributed by atoms with E-state index in [0.717, 1.165) is 5.56 Å². The zero-order valence-corrected chi connectivity index (χ0v) is 11.4. The number of aryl methyl sites for hydroxylation is 1. The summed E-state index contributed by atoms with van der Waals surface area (Å²) in [5.74, 6) is -0.995. The molecule has 0 amide bonds. The van der Waals surface area contributed by atoms with Gasteiger partial charge in [0.2, 0.25) is 0 Å². The summed E-state index contributed by atoms with van der Waals surface area (Å²) in [6, 6.07) is 0. The van der Waals surface area contributed by atoms with E-state index in [0.29, 0.717) is 16.6 Å². The van der Waals surface area contributed by atoms with Crippen molar-refractivity contribution in [3.05, 3.63) is 33.9 Å². The van der Waals surface area contributed by atoms with Crippen LogP contribution in [-0.2, 0) is 24.8 Å². The number of hydrogen-bond donors (Lipinski definition) is 1. The van der Waals surface area contributed by atoms with Crippen LogP contribution >= 0.6 is 0 Å². The van der Waals surface area contributed by atoms with E-state index in [-0.39, 0.29) is 24.9 Å². The Labute approximate surface area is 119 Å². The molecule has 0 radical (unpaired) electrons. The van der Waals surface area contributed by atoms with Crippen molar-refractivity contribution in [1.29, 1.82) is 0 Å². The molecule has 1 atom stereocenters. The van der Waals surface area contributed by atoms with Gasteiger partial charge >= 0.3 is 5.97 Å². The average Bonchev–Trinajstić information content (AvgIpc) is 2.81. The minimum absolute atomic E-state index is 0.0297. The molecule has 2 aromatic heterocycles. The van der Waals surface area contributed by atoms with Crippen molar-refractivity contribution in [2.45, 2.75) is 25.6 Å². The van der Waals surface area contributed by atoms with Gasteiger partial charge in [0.25, 0.3) is 5.56 Å². The Morgan fingerprint density at radius 2 is 2.33 bits per heavy atom. The van der Waals surface area contributed by atoms with Gasteiger partial charge in [-0.05, 0) is 6.08 Å². The molecule has 0 bridgehead atoms. The van der Waals surface area contributed by atoms with E-state index in [4.69, 9.17) is 5.11 Å². The highest BCUT2D eigenvalue weighted by atomic mass is 19.1. The molecule has 1 unspecified atom stereocenters.